The van der Waals surface area contributed by atoms with E-state index in [4.69, 9.17) is 5.26 Å². The molecular formula is C13H19N3O2S. The van der Waals surface area contributed by atoms with Crippen LogP contribution in [0.4, 0.5) is 5.69 Å². The lowest BCUT2D eigenvalue weighted by molar-refractivity contribution is 0.400. The summed E-state index contributed by atoms with van der Waals surface area (Å²) in [5.41, 5.74) is 0.854. The molecule has 0 heterocycles. The number of hydrogen-bond acceptors (Lipinski definition) is 4. The summed E-state index contributed by atoms with van der Waals surface area (Å²) in [4.78, 5) is 0.249. The third-order valence-corrected chi connectivity index (χ3v) is 4.79. The first kappa shape index (κ1) is 15.5. The molecular weight excluding hydrogens is 262 g/mol. The Morgan fingerprint density at radius 1 is 1.37 bits per heavy atom. The van der Waals surface area contributed by atoms with Gasteiger partial charge in [-0.25, -0.2) is 8.42 Å². The van der Waals surface area contributed by atoms with Gasteiger partial charge in [-0.05, 0) is 31.2 Å². The lowest BCUT2D eigenvalue weighted by Crippen LogP contribution is -2.34. The fourth-order valence-corrected chi connectivity index (χ4v) is 3.22. The van der Waals surface area contributed by atoms with Gasteiger partial charge in [0.1, 0.15) is 0 Å². The Balaban J connectivity index is 3.03. The summed E-state index contributed by atoms with van der Waals surface area (Å²) in [6, 6.07) is 8.63. The van der Waals surface area contributed by atoms with E-state index >= 15 is 0 Å². The number of nitriles is 1. The maximum atomic E-state index is 12.4. The molecule has 19 heavy (non-hydrogen) atoms. The molecule has 0 aliphatic heterocycles. The summed E-state index contributed by atoms with van der Waals surface area (Å²) < 4.78 is 26.1. The molecule has 0 aromatic heterocycles. The van der Waals surface area contributed by atoms with Crippen LogP contribution in [0.1, 0.15) is 13.8 Å². The molecule has 0 amide bonds. The van der Waals surface area contributed by atoms with Gasteiger partial charge in [-0.15, -0.1) is 0 Å². The number of hydrogen-bond donors (Lipinski definition) is 1. The minimum atomic E-state index is -3.53. The van der Waals surface area contributed by atoms with Crippen molar-refractivity contribution in [2.45, 2.75) is 18.7 Å². The smallest absolute Gasteiger partial charge is 0.243 e. The van der Waals surface area contributed by atoms with Crippen LogP contribution in [0.25, 0.3) is 0 Å². The molecule has 0 saturated heterocycles. The van der Waals surface area contributed by atoms with Gasteiger partial charge in [0.15, 0.2) is 0 Å². The van der Waals surface area contributed by atoms with Crippen molar-refractivity contribution < 1.29 is 8.42 Å². The third kappa shape index (κ3) is 3.69. The van der Waals surface area contributed by atoms with Crippen LogP contribution in [-0.4, -0.2) is 32.9 Å². The molecule has 6 heteroatoms. The van der Waals surface area contributed by atoms with Crippen LogP contribution in [0, 0.1) is 17.2 Å². The molecule has 0 fully saturated rings. The minimum absolute atomic E-state index is 0.211. The van der Waals surface area contributed by atoms with Gasteiger partial charge in [0.2, 0.25) is 10.0 Å². The third-order valence-electron chi connectivity index (χ3n) is 2.83. The van der Waals surface area contributed by atoms with Crippen LogP contribution >= 0.6 is 0 Å². The predicted octanol–water partition coefficient (Wildman–Crippen LogP) is 1.90. The van der Waals surface area contributed by atoms with Crippen molar-refractivity contribution in [3.63, 3.8) is 0 Å². The predicted molar refractivity (Wildman–Crippen MR) is 75.2 cm³/mol. The molecule has 1 rings (SSSR count). The van der Waals surface area contributed by atoms with E-state index in [2.05, 4.69) is 11.4 Å². The number of rotatable bonds is 6. The quantitative estimate of drug-likeness (QED) is 0.864. The lowest BCUT2D eigenvalue weighted by Gasteiger charge is -2.21. The van der Waals surface area contributed by atoms with Crippen LogP contribution in [0.5, 0.6) is 0 Å². The highest BCUT2D eigenvalue weighted by Gasteiger charge is 2.24. The normalized spacial score (nSPS) is 13.0. The second kappa shape index (κ2) is 6.55. The van der Waals surface area contributed by atoms with Crippen molar-refractivity contribution in [3.05, 3.63) is 24.3 Å². The molecule has 0 saturated carbocycles. The van der Waals surface area contributed by atoms with E-state index < -0.39 is 10.0 Å². The molecule has 0 radical (unpaired) electrons. The zero-order valence-corrected chi connectivity index (χ0v) is 12.2. The van der Waals surface area contributed by atoms with Crippen molar-refractivity contribution in [2.24, 2.45) is 5.92 Å². The molecule has 1 aromatic carbocycles. The van der Waals surface area contributed by atoms with E-state index in [0.29, 0.717) is 6.54 Å². The zero-order chi connectivity index (χ0) is 14.5. The Hall–Kier alpha value is -1.58. The number of nitrogens with zero attached hydrogens (tertiary/aromatic N) is 2. The summed E-state index contributed by atoms with van der Waals surface area (Å²) in [6.07, 6.45) is 0. The second-order valence-electron chi connectivity index (χ2n) is 4.26. The standard InChI is InChI=1S/C13H19N3O2S/c1-4-16(10-11(2)9-14)19(17,18)13-7-5-12(15-3)6-8-13/h5-8,11,15H,4,10H2,1-3H3. The average molecular weight is 281 g/mol. The van der Waals surface area contributed by atoms with Gasteiger partial charge in [-0.2, -0.15) is 9.57 Å². The summed E-state index contributed by atoms with van der Waals surface area (Å²) >= 11 is 0. The zero-order valence-electron chi connectivity index (χ0n) is 11.4. The van der Waals surface area contributed by atoms with Crippen LogP contribution in [0.3, 0.4) is 0 Å². The number of sulfonamides is 1. The number of anilines is 1. The topological polar surface area (TPSA) is 73.2 Å². The summed E-state index contributed by atoms with van der Waals surface area (Å²) in [7, 11) is -1.75. The molecule has 104 valence electrons. The van der Waals surface area contributed by atoms with E-state index in [9.17, 15) is 8.42 Å². The molecule has 5 nitrogen and oxygen atoms in total. The molecule has 0 bridgehead atoms. The molecule has 0 aliphatic carbocycles. The first-order valence-electron chi connectivity index (χ1n) is 6.13. The maximum Gasteiger partial charge on any atom is 0.243 e. The monoisotopic (exact) mass is 281 g/mol. The maximum absolute atomic E-state index is 12.4. The highest BCUT2D eigenvalue weighted by atomic mass is 32.2. The number of benzene rings is 1. The van der Waals surface area contributed by atoms with Gasteiger partial charge in [-0.3, -0.25) is 0 Å². The van der Waals surface area contributed by atoms with E-state index in [1.54, 1.807) is 45.2 Å². The van der Waals surface area contributed by atoms with E-state index in [1.807, 2.05) is 0 Å². The molecule has 1 aromatic rings. The molecule has 0 aliphatic rings. The Morgan fingerprint density at radius 3 is 2.37 bits per heavy atom. The Labute approximate surface area is 114 Å². The van der Waals surface area contributed by atoms with Crippen molar-refractivity contribution in [2.75, 3.05) is 25.5 Å². The highest BCUT2D eigenvalue weighted by Crippen LogP contribution is 2.19. The van der Waals surface area contributed by atoms with E-state index in [1.165, 1.54) is 4.31 Å². The summed E-state index contributed by atoms with van der Waals surface area (Å²) in [6.45, 7) is 4.04. The van der Waals surface area contributed by atoms with Crippen molar-refractivity contribution in [1.29, 1.82) is 5.26 Å². The van der Waals surface area contributed by atoms with E-state index in [-0.39, 0.29) is 17.4 Å². The first-order valence-corrected chi connectivity index (χ1v) is 7.57. The first-order chi connectivity index (χ1) is 8.95. The highest BCUT2D eigenvalue weighted by molar-refractivity contribution is 7.89. The fourth-order valence-electron chi connectivity index (χ4n) is 1.69. The van der Waals surface area contributed by atoms with Gasteiger partial charge in [0.05, 0.1) is 16.9 Å². The molecule has 1 atom stereocenters. The van der Waals surface area contributed by atoms with Gasteiger partial charge in [0.25, 0.3) is 0 Å². The average Bonchev–Trinajstić information content (AvgIpc) is 2.44. The largest absolute Gasteiger partial charge is 0.388 e. The Morgan fingerprint density at radius 2 is 1.95 bits per heavy atom. The van der Waals surface area contributed by atoms with Crippen LogP contribution < -0.4 is 5.32 Å². The van der Waals surface area contributed by atoms with E-state index in [0.717, 1.165) is 5.69 Å². The van der Waals surface area contributed by atoms with Gasteiger partial charge in [-0.1, -0.05) is 6.92 Å². The van der Waals surface area contributed by atoms with Crippen LogP contribution in [-0.2, 0) is 10.0 Å². The summed E-state index contributed by atoms with van der Waals surface area (Å²) in [5, 5.41) is 11.7. The second-order valence-corrected chi connectivity index (χ2v) is 6.20. The van der Waals surface area contributed by atoms with Gasteiger partial charge < -0.3 is 5.32 Å². The van der Waals surface area contributed by atoms with Crippen LogP contribution in [0.15, 0.2) is 29.2 Å². The molecule has 1 unspecified atom stereocenters. The summed E-state index contributed by atoms with van der Waals surface area (Å²) in [5.74, 6) is -0.327. The van der Waals surface area contributed by atoms with Crippen molar-refractivity contribution in [1.82, 2.24) is 4.31 Å². The van der Waals surface area contributed by atoms with Crippen LogP contribution in [0.2, 0.25) is 0 Å². The van der Waals surface area contributed by atoms with Crippen molar-refractivity contribution in [3.8, 4) is 6.07 Å². The number of nitrogens with one attached hydrogen (secondary N) is 1. The van der Waals surface area contributed by atoms with Crippen molar-refractivity contribution >= 4 is 15.7 Å². The minimum Gasteiger partial charge on any atom is -0.388 e. The molecule has 1 N–H and O–H groups in total. The lowest BCUT2D eigenvalue weighted by atomic mass is 10.2. The van der Waals surface area contributed by atoms with Gasteiger partial charge >= 0.3 is 0 Å². The SMILES string of the molecule is CCN(CC(C)C#N)S(=O)(=O)c1ccc(NC)cc1. The molecule has 0 spiro atoms. The Bertz CT molecular complexity index is 546. The fraction of sp³-hybridized carbons (Fsp3) is 0.462. The van der Waals surface area contributed by atoms with Gasteiger partial charge in [0, 0.05) is 25.8 Å². The Kier molecular flexibility index (Phi) is 5.33.